The van der Waals surface area contributed by atoms with Gasteiger partial charge in [0.1, 0.15) is 5.41 Å². The summed E-state index contributed by atoms with van der Waals surface area (Å²) in [7, 11) is 0. The van der Waals surface area contributed by atoms with Gasteiger partial charge < -0.3 is 15.3 Å². The zero-order valence-electron chi connectivity index (χ0n) is 23.3. The molecule has 0 atom stereocenters. The maximum absolute atomic E-state index is 15.0. The second kappa shape index (κ2) is 9.59. The van der Waals surface area contributed by atoms with Crippen LogP contribution in [0.2, 0.25) is 0 Å². The van der Waals surface area contributed by atoms with Gasteiger partial charge in [0.2, 0.25) is 5.91 Å². The van der Waals surface area contributed by atoms with Gasteiger partial charge >= 0.3 is 0 Å². The first-order valence-corrected chi connectivity index (χ1v) is 14.3. The van der Waals surface area contributed by atoms with Crippen molar-refractivity contribution in [2.45, 2.75) is 5.41 Å². The predicted octanol–water partition coefficient (Wildman–Crippen LogP) is 8.01. The number of para-hydroxylation sites is 1. The fourth-order valence-electron chi connectivity index (χ4n) is 6.82. The Bertz CT molecular complexity index is 2220. The molecule has 0 saturated heterocycles. The maximum atomic E-state index is 15.0. The fraction of sp³-hybridized carbons (Fsp3) is 0.0263. The number of carbonyl (C=O) groups excluding carboxylic acids is 1. The number of H-pyrrole nitrogens is 2. The third-order valence-electron chi connectivity index (χ3n) is 8.65. The number of aromatic amines is 2. The van der Waals surface area contributed by atoms with Crippen LogP contribution < -0.4 is 5.32 Å². The number of aromatic nitrogens is 2. The largest absolute Gasteiger partial charge is 0.354 e. The Morgan fingerprint density at radius 1 is 0.568 bits per heavy atom. The summed E-state index contributed by atoms with van der Waals surface area (Å²) < 4.78 is 0. The smallest absolute Gasteiger partial charge is 0.244 e. The lowest BCUT2D eigenvalue weighted by atomic mass is 9.67. The molecule has 2 aromatic heterocycles. The summed E-state index contributed by atoms with van der Waals surface area (Å²) in [6.07, 6.45) is 0. The first kappa shape index (κ1) is 25.3. The van der Waals surface area contributed by atoms with E-state index in [4.69, 9.17) is 0 Å². The number of nitriles is 2. The quantitative estimate of drug-likeness (QED) is 0.201. The lowest BCUT2D eigenvalue weighted by Crippen LogP contribution is -2.37. The van der Waals surface area contributed by atoms with Gasteiger partial charge in [-0.2, -0.15) is 10.5 Å². The number of benzene rings is 5. The van der Waals surface area contributed by atoms with Crippen molar-refractivity contribution in [1.82, 2.24) is 9.97 Å². The van der Waals surface area contributed by atoms with E-state index in [1.807, 2.05) is 109 Å². The summed E-state index contributed by atoms with van der Waals surface area (Å²) in [4.78, 5) is 22.3. The second-order valence-electron chi connectivity index (χ2n) is 11.0. The van der Waals surface area contributed by atoms with Crippen molar-refractivity contribution in [3.63, 3.8) is 0 Å². The van der Waals surface area contributed by atoms with E-state index in [-0.39, 0.29) is 5.91 Å². The molecule has 0 spiro atoms. The van der Waals surface area contributed by atoms with Crippen molar-refractivity contribution in [2.75, 3.05) is 5.32 Å². The van der Waals surface area contributed by atoms with Crippen LogP contribution in [0.3, 0.4) is 0 Å². The van der Waals surface area contributed by atoms with Crippen LogP contribution in [0.1, 0.15) is 27.8 Å². The highest BCUT2D eigenvalue weighted by Gasteiger charge is 2.54. The monoisotopic (exact) mass is 565 g/mol. The number of nitrogens with zero attached hydrogens (tertiary/aromatic N) is 2. The van der Waals surface area contributed by atoms with E-state index < -0.39 is 5.41 Å². The van der Waals surface area contributed by atoms with E-state index in [9.17, 15) is 10.5 Å². The Morgan fingerprint density at radius 3 is 1.55 bits per heavy atom. The number of rotatable bonds is 4. The van der Waals surface area contributed by atoms with Crippen LogP contribution in [0.15, 0.2) is 121 Å². The minimum absolute atomic E-state index is 0.209. The van der Waals surface area contributed by atoms with Gasteiger partial charge in [-0.15, -0.1) is 0 Å². The highest BCUT2D eigenvalue weighted by atomic mass is 16.2. The molecule has 6 nitrogen and oxygen atoms in total. The Kier molecular flexibility index (Phi) is 5.53. The van der Waals surface area contributed by atoms with E-state index in [0.29, 0.717) is 16.8 Å². The molecule has 0 radical (unpaired) electrons. The Balaban J connectivity index is 1.64. The Labute approximate surface area is 252 Å². The van der Waals surface area contributed by atoms with Gasteiger partial charge in [-0.25, -0.2) is 0 Å². The zero-order valence-corrected chi connectivity index (χ0v) is 23.3. The number of nitrogens with one attached hydrogen (secondary N) is 3. The summed E-state index contributed by atoms with van der Waals surface area (Å²) in [6.45, 7) is 0. The Morgan fingerprint density at radius 2 is 1.05 bits per heavy atom. The molecule has 5 aromatic carbocycles. The summed E-state index contributed by atoms with van der Waals surface area (Å²) in [5, 5.41) is 24.7. The summed E-state index contributed by atoms with van der Waals surface area (Å²) in [5.41, 5.74) is 7.64. The summed E-state index contributed by atoms with van der Waals surface area (Å²) in [6, 6.07) is 43.4. The molecule has 8 rings (SSSR count). The number of hydrogen-bond acceptors (Lipinski definition) is 3. The SMILES string of the molecule is N#Cc1ccc2[nH]c(-c3ccccc3)c(C3(c4c(-c5ccccc5)[nH]c5ccc(C#N)cc45)C(=O)Nc4ccccc43)c2c1. The minimum Gasteiger partial charge on any atom is -0.354 e. The third kappa shape index (κ3) is 3.49. The van der Waals surface area contributed by atoms with Crippen LogP contribution >= 0.6 is 0 Å². The number of amides is 1. The average Bonchev–Trinajstić information content (AvgIpc) is 3.74. The van der Waals surface area contributed by atoms with Gasteiger partial charge in [0, 0.05) is 44.2 Å². The van der Waals surface area contributed by atoms with Crippen molar-refractivity contribution in [3.05, 3.63) is 149 Å². The molecule has 3 N–H and O–H groups in total. The van der Waals surface area contributed by atoms with Gasteiger partial charge in [0.25, 0.3) is 0 Å². The lowest BCUT2D eigenvalue weighted by Gasteiger charge is -2.31. The molecular formula is C38H23N5O. The van der Waals surface area contributed by atoms with Crippen LogP contribution in [-0.2, 0) is 10.2 Å². The average molecular weight is 566 g/mol. The fourth-order valence-corrected chi connectivity index (χ4v) is 6.82. The molecule has 0 aliphatic carbocycles. The van der Waals surface area contributed by atoms with Crippen LogP contribution in [0.4, 0.5) is 5.69 Å². The highest BCUT2D eigenvalue weighted by molar-refractivity contribution is 6.18. The number of hydrogen-bond donors (Lipinski definition) is 3. The Hall–Kier alpha value is -6.37. The maximum Gasteiger partial charge on any atom is 0.244 e. The van der Waals surface area contributed by atoms with E-state index >= 15 is 4.79 Å². The molecule has 3 heterocycles. The molecule has 0 unspecified atom stereocenters. The van der Waals surface area contributed by atoms with Crippen LogP contribution in [0, 0.1) is 22.7 Å². The first-order chi connectivity index (χ1) is 21.6. The minimum atomic E-state index is -1.37. The summed E-state index contributed by atoms with van der Waals surface area (Å²) >= 11 is 0. The molecule has 1 amide bonds. The van der Waals surface area contributed by atoms with Crippen molar-refractivity contribution in [3.8, 4) is 34.7 Å². The van der Waals surface area contributed by atoms with Gasteiger partial charge in [0.05, 0.1) is 34.7 Å². The van der Waals surface area contributed by atoms with Crippen LogP contribution in [-0.4, -0.2) is 15.9 Å². The molecule has 7 aromatic rings. The van der Waals surface area contributed by atoms with E-state index in [1.54, 1.807) is 12.1 Å². The molecule has 6 heteroatoms. The molecule has 0 bridgehead atoms. The van der Waals surface area contributed by atoms with E-state index in [0.717, 1.165) is 61.0 Å². The lowest BCUT2D eigenvalue weighted by molar-refractivity contribution is -0.118. The standard InChI is InChI=1S/C38H23N5O/c39-21-23-15-17-30-27(19-23)33(35(41-30)25-9-3-1-4-10-25)38(29-13-7-8-14-32(29)43-37(38)44)34-28-20-24(22-40)16-18-31(28)42-36(34)26-11-5-2-6-12-26/h1-20,41-42H,(H,43,44). The van der Waals surface area contributed by atoms with Crippen molar-refractivity contribution < 1.29 is 4.79 Å². The number of carbonyl (C=O) groups is 1. The molecular weight excluding hydrogens is 542 g/mol. The van der Waals surface area contributed by atoms with Gasteiger partial charge in [0.15, 0.2) is 0 Å². The molecule has 44 heavy (non-hydrogen) atoms. The third-order valence-corrected chi connectivity index (χ3v) is 8.65. The number of fused-ring (bicyclic) bond motifs is 3. The normalized spacial score (nSPS) is 13.4. The molecule has 206 valence electrons. The topological polar surface area (TPSA) is 108 Å². The van der Waals surface area contributed by atoms with Gasteiger partial charge in [-0.1, -0.05) is 78.9 Å². The van der Waals surface area contributed by atoms with Gasteiger partial charge in [-0.05, 0) is 53.6 Å². The first-order valence-electron chi connectivity index (χ1n) is 14.3. The highest BCUT2D eigenvalue weighted by Crippen LogP contribution is 2.56. The van der Waals surface area contributed by atoms with Crippen LogP contribution in [0.5, 0.6) is 0 Å². The van der Waals surface area contributed by atoms with Crippen molar-refractivity contribution in [1.29, 1.82) is 10.5 Å². The second-order valence-corrected chi connectivity index (χ2v) is 11.0. The number of anilines is 1. The van der Waals surface area contributed by atoms with E-state index in [1.165, 1.54) is 0 Å². The zero-order chi connectivity index (χ0) is 29.8. The van der Waals surface area contributed by atoms with E-state index in [2.05, 4.69) is 27.4 Å². The molecule has 0 fully saturated rings. The van der Waals surface area contributed by atoms with Crippen molar-refractivity contribution >= 4 is 33.4 Å². The van der Waals surface area contributed by atoms with Crippen LogP contribution in [0.25, 0.3) is 44.3 Å². The molecule has 1 aliphatic rings. The van der Waals surface area contributed by atoms with Crippen molar-refractivity contribution in [2.24, 2.45) is 0 Å². The molecule has 1 aliphatic heterocycles. The molecule has 0 saturated carbocycles. The predicted molar refractivity (Wildman–Crippen MR) is 172 cm³/mol. The van der Waals surface area contributed by atoms with Gasteiger partial charge in [-0.3, -0.25) is 4.79 Å². The summed E-state index contributed by atoms with van der Waals surface area (Å²) in [5.74, 6) is -0.209.